The molecule has 0 amide bonds. The number of nitrogens with one attached hydrogen (secondary N) is 1. The second-order valence-electron chi connectivity index (χ2n) is 5.74. The Balaban J connectivity index is 2.85. The molecule has 0 unspecified atom stereocenters. The van der Waals surface area contributed by atoms with Gasteiger partial charge in [0.1, 0.15) is 5.82 Å². The van der Waals surface area contributed by atoms with Gasteiger partial charge < -0.3 is 10.2 Å². The Kier molecular flexibility index (Phi) is 7.60. The predicted octanol–water partition coefficient (Wildman–Crippen LogP) is 3.84. The van der Waals surface area contributed by atoms with Crippen LogP contribution in [0.3, 0.4) is 0 Å². The summed E-state index contributed by atoms with van der Waals surface area (Å²) in [6.07, 6.45) is 4.38. The Morgan fingerprint density at radius 1 is 1.20 bits per heavy atom. The van der Waals surface area contributed by atoms with Gasteiger partial charge in [0.15, 0.2) is 0 Å². The lowest BCUT2D eigenvalue weighted by Crippen LogP contribution is -2.32. The van der Waals surface area contributed by atoms with Gasteiger partial charge in [-0.2, -0.15) is 0 Å². The van der Waals surface area contributed by atoms with Gasteiger partial charge in [0.05, 0.1) is 0 Å². The number of rotatable bonds is 9. The number of nitrogens with zero attached hydrogens (tertiary/aromatic N) is 2. The molecule has 0 aliphatic carbocycles. The first kappa shape index (κ1) is 17.0. The Bertz CT molecular complexity index is 372. The minimum atomic E-state index is 0.497. The first-order valence-corrected chi connectivity index (χ1v) is 8.04. The molecule has 1 aromatic heterocycles. The lowest BCUT2D eigenvalue weighted by Gasteiger charge is -2.28. The molecule has 0 bridgehead atoms. The Labute approximate surface area is 124 Å². The normalized spacial score (nSPS) is 11.3. The van der Waals surface area contributed by atoms with Gasteiger partial charge in [-0.25, -0.2) is 4.98 Å². The molecule has 0 saturated carbocycles. The van der Waals surface area contributed by atoms with Gasteiger partial charge in [-0.1, -0.05) is 46.6 Å². The van der Waals surface area contributed by atoms with Gasteiger partial charge >= 0.3 is 0 Å². The molecule has 1 aromatic rings. The number of hydrogen-bond acceptors (Lipinski definition) is 3. The molecular formula is C17H31N3. The summed E-state index contributed by atoms with van der Waals surface area (Å²) >= 11 is 0. The van der Waals surface area contributed by atoms with Crippen molar-refractivity contribution in [3.05, 3.63) is 23.9 Å². The second kappa shape index (κ2) is 8.96. The highest BCUT2D eigenvalue weighted by Crippen LogP contribution is 2.20. The van der Waals surface area contributed by atoms with Gasteiger partial charge in [-0.15, -0.1) is 0 Å². The Morgan fingerprint density at radius 2 is 1.90 bits per heavy atom. The first-order valence-electron chi connectivity index (χ1n) is 8.04. The highest BCUT2D eigenvalue weighted by Gasteiger charge is 2.14. The third-order valence-corrected chi connectivity index (χ3v) is 3.88. The summed E-state index contributed by atoms with van der Waals surface area (Å²) in [6.45, 7) is 14.1. The van der Waals surface area contributed by atoms with Crippen LogP contribution in [0.1, 0.15) is 53.0 Å². The molecule has 1 heterocycles. The summed E-state index contributed by atoms with van der Waals surface area (Å²) < 4.78 is 0. The van der Waals surface area contributed by atoms with E-state index in [9.17, 15) is 0 Å². The average molecular weight is 277 g/mol. The molecule has 1 N–H and O–H groups in total. The van der Waals surface area contributed by atoms with Crippen LogP contribution in [0.4, 0.5) is 5.82 Å². The minimum Gasteiger partial charge on any atom is -0.356 e. The van der Waals surface area contributed by atoms with Crippen LogP contribution in [0.25, 0.3) is 0 Å². The van der Waals surface area contributed by atoms with Crippen molar-refractivity contribution in [2.75, 3.05) is 18.0 Å². The summed E-state index contributed by atoms with van der Waals surface area (Å²) in [5.74, 6) is 1.90. The summed E-state index contributed by atoms with van der Waals surface area (Å²) in [7, 11) is 0. The zero-order valence-electron chi connectivity index (χ0n) is 13.8. The maximum Gasteiger partial charge on any atom is 0.133 e. The quantitative estimate of drug-likeness (QED) is 0.743. The number of hydrogen-bond donors (Lipinski definition) is 1. The fourth-order valence-corrected chi connectivity index (χ4v) is 2.39. The van der Waals surface area contributed by atoms with Gasteiger partial charge in [0.25, 0.3) is 0 Å². The summed E-state index contributed by atoms with van der Waals surface area (Å²) in [4.78, 5) is 7.06. The third kappa shape index (κ3) is 5.12. The number of aromatic nitrogens is 1. The van der Waals surface area contributed by atoms with Crippen molar-refractivity contribution in [3.8, 4) is 0 Å². The van der Waals surface area contributed by atoms with E-state index in [4.69, 9.17) is 0 Å². The van der Waals surface area contributed by atoms with Crippen molar-refractivity contribution in [1.82, 2.24) is 10.3 Å². The van der Waals surface area contributed by atoms with E-state index >= 15 is 0 Å². The summed E-state index contributed by atoms with van der Waals surface area (Å²) in [5.41, 5.74) is 1.30. The average Bonchev–Trinajstić information content (AvgIpc) is 2.47. The van der Waals surface area contributed by atoms with E-state index in [1.54, 1.807) is 0 Å². The van der Waals surface area contributed by atoms with Gasteiger partial charge in [-0.05, 0) is 18.9 Å². The molecule has 0 aromatic carbocycles. The van der Waals surface area contributed by atoms with Crippen LogP contribution < -0.4 is 10.2 Å². The number of pyridine rings is 1. The van der Waals surface area contributed by atoms with Crippen molar-refractivity contribution in [3.63, 3.8) is 0 Å². The zero-order chi connectivity index (χ0) is 15.0. The zero-order valence-corrected chi connectivity index (χ0v) is 13.8. The predicted molar refractivity (Wildman–Crippen MR) is 88.2 cm³/mol. The smallest absolute Gasteiger partial charge is 0.133 e. The van der Waals surface area contributed by atoms with E-state index in [1.807, 2.05) is 12.3 Å². The van der Waals surface area contributed by atoms with Crippen LogP contribution in [0, 0.1) is 5.92 Å². The van der Waals surface area contributed by atoms with Crippen LogP contribution in [0.15, 0.2) is 18.3 Å². The van der Waals surface area contributed by atoms with E-state index in [2.05, 4.69) is 55.9 Å². The summed E-state index contributed by atoms with van der Waals surface area (Å²) in [6, 6.07) is 4.72. The molecular weight excluding hydrogens is 246 g/mol. The molecule has 0 saturated heterocycles. The van der Waals surface area contributed by atoms with E-state index in [0.29, 0.717) is 6.04 Å². The van der Waals surface area contributed by atoms with Crippen LogP contribution in [0.5, 0.6) is 0 Å². The fraction of sp³-hybridized carbons (Fsp3) is 0.706. The first-order chi connectivity index (χ1) is 9.62. The maximum absolute atomic E-state index is 4.64. The highest BCUT2D eigenvalue weighted by atomic mass is 15.2. The molecule has 0 spiro atoms. The molecule has 0 radical (unpaired) electrons. The van der Waals surface area contributed by atoms with Crippen molar-refractivity contribution >= 4 is 5.82 Å². The third-order valence-electron chi connectivity index (χ3n) is 3.88. The van der Waals surface area contributed by atoms with Crippen LogP contribution >= 0.6 is 0 Å². The van der Waals surface area contributed by atoms with Crippen LogP contribution in [0.2, 0.25) is 0 Å². The Hall–Kier alpha value is -1.09. The van der Waals surface area contributed by atoms with E-state index in [0.717, 1.165) is 31.4 Å². The summed E-state index contributed by atoms with van der Waals surface area (Å²) in [5, 5.41) is 3.50. The lowest BCUT2D eigenvalue weighted by molar-refractivity contribution is 0.483. The van der Waals surface area contributed by atoms with Crippen molar-refractivity contribution in [2.24, 2.45) is 5.92 Å². The molecule has 0 aliphatic heterocycles. The lowest BCUT2D eigenvalue weighted by atomic mass is 10.0. The standard InChI is InChI=1S/C17H31N3/c1-6-15(7-2)13-20(8-3)17-16(10-9-11-18-17)12-19-14(4)5/h9-11,14-15,19H,6-8,12-13H2,1-5H3. The molecule has 3 heteroatoms. The number of anilines is 1. The highest BCUT2D eigenvalue weighted by molar-refractivity contribution is 5.46. The van der Waals surface area contributed by atoms with Crippen LogP contribution in [-0.2, 0) is 6.54 Å². The van der Waals surface area contributed by atoms with E-state index in [-0.39, 0.29) is 0 Å². The van der Waals surface area contributed by atoms with Gasteiger partial charge in [-0.3, -0.25) is 0 Å². The molecule has 0 fully saturated rings. The molecule has 20 heavy (non-hydrogen) atoms. The minimum absolute atomic E-state index is 0.497. The van der Waals surface area contributed by atoms with Gasteiger partial charge in [0, 0.05) is 37.4 Å². The molecule has 114 valence electrons. The fourth-order valence-electron chi connectivity index (χ4n) is 2.39. The van der Waals surface area contributed by atoms with Gasteiger partial charge in [0.2, 0.25) is 0 Å². The molecule has 0 aliphatic rings. The second-order valence-corrected chi connectivity index (χ2v) is 5.74. The van der Waals surface area contributed by atoms with Crippen molar-refractivity contribution in [1.29, 1.82) is 0 Å². The molecule has 0 atom stereocenters. The van der Waals surface area contributed by atoms with E-state index < -0.39 is 0 Å². The maximum atomic E-state index is 4.64. The monoisotopic (exact) mass is 277 g/mol. The van der Waals surface area contributed by atoms with E-state index in [1.165, 1.54) is 18.4 Å². The van der Waals surface area contributed by atoms with Crippen LogP contribution in [-0.4, -0.2) is 24.1 Å². The molecule has 3 nitrogen and oxygen atoms in total. The van der Waals surface area contributed by atoms with Crippen molar-refractivity contribution < 1.29 is 0 Å². The largest absolute Gasteiger partial charge is 0.356 e. The topological polar surface area (TPSA) is 28.2 Å². The molecule has 1 rings (SSSR count). The SMILES string of the molecule is CCC(CC)CN(CC)c1ncccc1CNC(C)C. The Morgan fingerprint density at radius 3 is 2.45 bits per heavy atom. The van der Waals surface area contributed by atoms with Crippen molar-refractivity contribution in [2.45, 2.75) is 60.0 Å².